The zero-order valence-electron chi connectivity index (χ0n) is 17.4. The van der Waals surface area contributed by atoms with E-state index in [1.165, 1.54) is 12.4 Å². The number of aromatic amines is 1. The number of hydrogen-bond donors (Lipinski definition) is 2. The fourth-order valence-corrected chi connectivity index (χ4v) is 4.46. The highest BCUT2D eigenvalue weighted by atomic mass is 35.5. The minimum Gasteiger partial charge on any atom is -0.493 e. The summed E-state index contributed by atoms with van der Waals surface area (Å²) in [4.78, 5) is 17.9. The average Bonchev–Trinajstić information content (AvgIpc) is 3.27. The van der Waals surface area contributed by atoms with Gasteiger partial charge in [-0.25, -0.2) is 9.37 Å². The van der Waals surface area contributed by atoms with Crippen LogP contribution in [0.5, 0.6) is 11.5 Å². The third-order valence-corrected chi connectivity index (χ3v) is 6.00. The van der Waals surface area contributed by atoms with Crippen molar-refractivity contribution >= 4 is 34.5 Å². The maximum atomic E-state index is 15.3. The maximum absolute atomic E-state index is 15.3. The number of H-pyrrole nitrogens is 1. The summed E-state index contributed by atoms with van der Waals surface area (Å²) in [5, 5.41) is 0.0453. The first-order valence-corrected chi connectivity index (χ1v) is 10.3. The molecule has 1 aliphatic rings. The molecule has 0 saturated carbocycles. The van der Waals surface area contributed by atoms with Gasteiger partial charge < -0.3 is 25.1 Å². The van der Waals surface area contributed by atoms with Gasteiger partial charge in [0.15, 0.2) is 23.0 Å². The highest BCUT2D eigenvalue weighted by Gasteiger charge is 2.35. The van der Waals surface area contributed by atoms with Crippen LogP contribution in [0.1, 0.15) is 22.7 Å². The summed E-state index contributed by atoms with van der Waals surface area (Å²) >= 11 is 6.16. The number of hydrogen-bond acceptors (Lipinski definition) is 7. The van der Waals surface area contributed by atoms with Crippen LogP contribution in [0.2, 0.25) is 5.02 Å². The van der Waals surface area contributed by atoms with Crippen LogP contribution in [0.4, 0.5) is 16.2 Å². The SMILES string of the molecule is COc1cc2c(cc1OC)[C@H](c1cccc(Cl)c1F)N(c1nc(N)nc3nc[nH]c13)CC2. The average molecular weight is 455 g/mol. The second-order valence-corrected chi connectivity index (χ2v) is 7.81. The van der Waals surface area contributed by atoms with E-state index in [2.05, 4.69) is 19.9 Å². The lowest BCUT2D eigenvalue weighted by molar-refractivity contribution is 0.353. The Morgan fingerprint density at radius 3 is 2.72 bits per heavy atom. The van der Waals surface area contributed by atoms with Gasteiger partial charge in [0.25, 0.3) is 0 Å². The largest absolute Gasteiger partial charge is 0.493 e. The minimum atomic E-state index is -0.543. The van der Waals surface area contributed by atoms with E-state index in [-0.39, 0.29) is 11.0 Å². The van der Waals surface area contributed by atoms with Gasteiger partial charge in [-0.1, -0.05) is 23.7 Å². The summed E-state index contributed by atoms with van der Waals surface area (Å²) in [5.74, 6) is 1.30. The van der Waals surface area contributed by atoms with Crippen LogP contribution in [-0.4, -0.2) is 40.7 Å². The molecule has 10 heteroatoms. The van der Waals surface area contributed by atoms with E-state index >= 15 is 4.39 Å². The van der Waals surface area contributed by atoms with Crippen LogP contribution in [0, 0.1) is 5.82 Å². The highest BCUT2D eigenvalue weighted by Crippen LogP contribution is 2.44. The standard InChI is InChI=1S/C22H20ClFN6O2/c1-31-15-8-11-6-7-30(21-18-20(27-10-26-18)28-22(25)29-21)19(13(11)9-16(15)32-2)12-4-3-5-14(23)17(12)24/h3-5,8-10,19H,6-7H2,1-2H3,(H3,25,26,27,28,29)/t19-/m0/s1. The van der Waals surface area contributed by atoms with E-state index in [1.807, 2.05) is 17.0 Å². The number of rotatable bonds is 4. The molecule has 1 atom stereocenters. The van der Waals surface area contributed by atoms with E-state index in [0.717, 1.165) is 11.1 Å². The van der Waals surface area contributed by atoms with Crippen molar-refractivity contribution < 1.29 is 13.9 Å². The smallest absolute Gasteiger partial charge is 0.224 e. The number of aromatic nitrogens is 4. The fourth-order valence-electron chi connectivity index (χ4n) is 4.28. The molecule has 0 fully saturated rings. The highest BCUT2D eigenvalue weighted by molar-refractivity contribution is 6.30. The molecule has 164 valence electrons. The van der Waals surface area contributed by atoms with E-state index in [4.69, 9.17) is 26.8 Å². The number of benzene rings is 2. The lowest BCUT2D eigenvalue weighted by Crippen LogP contribution is -2.37. The molecule has 3 heterocycles. The summed E-state index contributed by atoms with van der Waals surface area (Å²) < 4.78 is 26.3. The normalized spacial score (nSPS) is 15.6. The Kier molecular flexibility index (Phi) is 4.97. The first kappa shape index (κ1) is 20.3. The number of nitrogens with one attached hydrogen (secondary N) is 1. The number of ether oxygens (including phenoxy) is 2. The number of fused-ring (bicyclic) bond motifs is 2. The van der Waals surface area contributed by atoms with Gasteiger partial charge in [0.05, 0.1) is 31.6 Å². The molecule has 4 aromatic rings. The van der Waals surface area contributed by atoms with Gasteiger partial charge >= 0.3 is 0 Å². The lowest BCUT2D eigenvalue weighted by atomic mass is 9.87. The maximum Gasteiger partial charge on any atom is 0.224 e. The predicted molar refractivity (Wildman–Crippen MR) is 120 cm³/mol. The zero-order chi connectivity index (χ0) is 22.4. The van der Waals surface area contributed by atoms with E-state index in [1.54, 1.807) is 26.4 Å². The molecule has 3 N–H and O–H groups in total. The Bertz CT molecular complexity index is 1330. The van der Waals surface area contributed by atoms with Crippen molar-refractivity contribution in [2.45, 2.75) is 12.5 Å². The monoisotopic (exact) mass is 454 g/mol. The molecule has 32 heavy (non-hydrogen) atoms. The Balaban J connectivity index is 1.78. The fraction of sp³-hybridized carbons (Fsp3) is 0.227. The molecular weight excluding hydrogens is 435 g/mol. The quantitative estimate of drug-likeness (QED) is 0.482. The van der Waals surface area contributed by atoms with Gasteiger partial charge in [0, 0.05) is 12.1 Å². The molecule has 0 aliphatic carbocycles. The van der Waals surface area contributed by atoms with Crippen LogP contribution in [0.25, 0.3) is 11.2 Å². The molecule has 1 aliphatic heterocycles. The van der Waals surface area contributed by atoms with Gasteiger partial charge in [0.1, 0.15) is 11.3 Å². The Labute approximate surface area is 188 Å². The second-order valence-electron chi connectivity index (χ2n) is 7.40. The van der Waals surface area contributed by atoms with Gasteiger partial charge in [-0.05, 0) is 35.7 Å². The summed E-state index contributed by atoms with van der Waals surface area (Å²) in [5.41, 5.74) is 9.33. The van der Waals surface area contributed by atoms with Crippen molar-refractivity contribution in [2.75, 3.05) is 31.4 Å². The number of nitrogens with zero attached hydrogens (tertiary/aromatic N) is 4. The first-order valence-electron chi connectivity index (χ1n) is 9.93. The van der Waals surface area contributed by atoms with E-state index in [0.29, 0.717) is 47.0 Å². The summed E-state index contributed by atoms with van der Waals surface area (Å²) in [6.45, 7) is 0.545. The van der Waals surface area contributed by atoms with Gasteiger partial charge in [-0.15, -0.1) is 0 Å². The van der Waals surface area contributed by atoms with Crippen LogP contribution in [-0.2, 0) is 6.42 Å². The molecule has 5 rings (SSSR count). The molecule has 0 bridgehead atoms. The molecule has 0 unspecified atom stereocenters. The van der Waals surface area contributed by atoms with Crippen LogP contribution >= 0.6 is 11.6 Å². The van der Waals surface area contributed by atoms with Crippen molar-refractivity contribution in [1.29, 1.82) is 0 Å². The van der Waals surface area contributed by atoms with E-state index < -0.39 is 11.9 Å². The Morgan fingerprint density at radius 2 is 1.94 bits per heavy atom. The van der Waals surface area contributed by atoms with Gasteiger partial charge in [-0.2, -0.15) is 9.97 Å². The van der Waals surface area contributed by atoms with Gasteiger partial charge in [-0.3, -0.25) is 0 Å². The number of imidazole rings is 1. The molecular formula is C22H20ClFN6O2. The van der Waals surface area contributed by atoms with E-state index in [9.17, 15) is 0 Å². The number of nitrogen functional groups attached to an aromatic ring is 1. The van der Waals surface area contributed by atoms with Crippen LogP contribution in [0.3, 0.4) is 0 Å². The molecule has 0 spiro atoms. The van der Waals surface area contributed by atoms with Crippen molar-refractivity contribution in [3.05, 3.63) is 64.2 Å². The molecule has 0 saturated heterocycles. The Morgan fingerprint density at radius 1 is 1.16 bits per heavy atom. The molecule has 8 nitrogen and oxygen atoms in total. The Hall–Kier alpha value is -3.59. The van der Waals surface area contributed by atoms with Gasteiger partial charge in [0.2, 0.25) is 5.95 Å². The third-order valence-electron chi connectivity index (χ3n) is 5.71. The third kappa shape index (κ3) is 3.16. The zero-order valence-corrected chi connectivity index (χ0v) is 18.2. The predicted octanol–water partition coefficient (Wildman–Crippen LogP) is 3.90. The molecule has 2 aromatic heterocycles. The number of halogens is 2. The molecule has 2 aromatic carbocycles. The first-order chi connectivity index (χ1) is 15.5. The number of nitrogens with two attached hydrogens (primary N) is 1. The van der Waals surface area contributed by atoms with Crippen molar-refractivity contribution in [3.63, 3.8) is 0 Å². The lowest BCUT2D eigenvalue weighted by Gasteiger charge is -2.39. The van der Waals surface area contributed by atoms with Crippen molar-refractivity contribution in [3.8, 4) is 11.5 Å². The van der Waals surface area contributed by atoms with Crippen molar-refractivity contribution in [1.82, 2.24) is 19.9 Å². The van der Waals surface area contributed by atoms with Crippen LogP contribution in [0.15, 0.2) is 36.7 Å². The van der Waals surface area contributed by atoms with Crippen molar-refractivity contribution in [2.24, 2.45) is 0 Å². The second kappa shape index (κ2) is 7.83. The van der Waals surface area contributed by atoms with Crippen LogP contribution < -0.4 is 20.1 Å². The number of anilines is 2. The number of methoxy groups -OCH3 is 2. The molecule has 0 radical (unpaired) electrons. The molecule has 0 amide bonds. The topological polar surface area (TPSA) is 102 Å². The summed E-state index contributed by atoms with van der Waals surface area (Å²) in [6.07, 6.45) is 2.21. The summed E-state index contributed by atoms with van der Waals surface area (Å²) in [7, 11) is 3.16. The summed E-state index contributed by atoms with van der Waals surface area (Å²) in [6, 6.07) is 8.24. The minimum absolute atomic E-state index is 0.0453.